The Labute approximate surface area is 96.8 Å². The normalized spacial score (nSPS) is 16.6. The van der Waals surface area contributed by atoms with Crippen LogP contribution in [0.4, 0.5) is 13.2 Å². The van der Waals surface area contributed by atoms with Gasteiger partial charge in [0.1, 0.15) is 5.54 Å². The SMILES string of the molecule is C=C[C@H](C)[C@@](C)(NC(=O)C(F)(F)F)C(=O)OC. The number of carbonyl (C=O) groups is 2. The van der Waals surface area contributed by atoms with Crippen LogP contribution < -0.4 is 5.32 Å². The number of esters is 1. The molecule has 0 fully saturated rings. The molecular formula is C10H14F3NO3. The van der Waals surface area contributed by atoms with Crippen LogP contribution in [0.5, 0.6) is 0 Å². The summed E-state index contributed by atoms with van der Waals surface area (Å²) < 4.78 is 40.8. The maximum absolute atomic E-state index is 12.1. The molecule has 0 aromatic heterocycles. The van der Waals surface area contributed by atoms with Gasteiger partial charge in [-0.15, -0.1) is 6.58 Å². The van der Waals surface area contributed by atoms with Gasteiger partial charge in [0.2, 0.25) is 0 Å². The molecule has 2 atom stereocenters. The number of hydrogen-bond acceptors (Lipinski definition) is 3. The highest BCUT2D eigenvalue weighted by Gasteiger charge is 2.47. The minimum atomic E-state index is -5.06. The van der Waals surface area contributed by atoms with Crippen LogP contribution in [0.1, 0.15) is 13.8 Å². The van der Waals surface area contributed by atoms with Crippen molar-refractivity contribution in [2.24, 2.45) is 5.92 Å². The predicted molar refractivity (Wildman–Crippen MR) is 54.0 cm³/mol. The van der Waals surface area contributed by atoms with Crippen LogP contribution >= 0.6 is 0 Å². The maximum Gasteiger partial charge on any atom is 0.471 e. The minimum Gasteiger partial charge on any atom is -0.467 e. The Bertz CT molecular complexity index is 327. The van der Waals surface area contributed by atoms with Gasteiger partial charge in [-0.05, 0) is 6.92 Å². The number of halogens is 3. The van der Waals surface area contributed by atoms with Crippen molar-refractivity contribution in [2.75, 3.05) is 7.11 Å². The van der Waals surface area contributed by atoms with E-state index in [0.717, 1.165) is 14.0 Å². The quantitative estimate of drug-likeness (QED) is 0.609. The number of carbonyl (C=O) groups excluding carboxylic acids is 2. The Morgan fingerprint density at radius 1 is 1.41 bits per heavy atom. The average Bonchev–Trinajstić information content (AvgIpc) is 2.24. The highest BCUT2D eigenvalue weighted by atomic mass is 19.4. The molecule has 98 valence electrons. The summed E-state index contributed by atoms with van der Waals surface area (Å²) in [6.07, 6.45) is -3.80. The fourth-order valence-corrected chi connectivity index (χ4v) is 1.11. The van der Waals surface area contributed by atoms with Crippen LogP contribution in [-0.4, -0.2) is 30.7 Å². The Hall–Kier alpha value is -1.53. The molecule has 0 rings (SSSR count). The van der Waals surface area contributed by atoms with E-state index in [-0.39, 0.29) is 0 Å². The van der Waals surface area contributed by atoms with Gasteiger partial charge >= 0.3 is 18.1 Å². The summed E-state index contributed by atoms with van der Waals surface area (Å²) in [5.74, 6) is -3.89. The van der Waals surface area contributed by atoms with Gasteiger partial charge in [-0.3, -0.25) is 4.79 Å². The highest BCUT2D eigenvalue weighted by Crippen LogP contribution is 2.23. The molecule has 0 aromatic rings. The standard InChI is InChI=1S/C10H14F3NO3/c1-5-6(2)9(3,8(16)17-4)14-7(15)10(11,12)13/h5-6H,1H2,2-4H3,(H,14,15)/t6-,9+/m0/s1. The van der Waals surface area contributed by atoms with Crippen LogP contribution in [0.15, 0.2) is 12.7 Å². The lowest BCUT2D eigenvalue weighted by atomic mass is 9.87. The third kappa shape index (κ3) is 3.47. The Balaban J connectivity index is 5.16. The van der Waals surface area contributed by atoms with Gasteiger partial charge < -0.3 is 10.1 Å². The predicted octanol–water partition coefficient (Wildman–Crippen LogP) is 1.42. The van der Waals surface area contributed by atoms with Crippen molar-refractivity contribution in [1.82, 2.24) is 5.32 Å². The van der Waals surface area contributed by atoms with Crippen LogP contribution in [0.25, 0.3) is 0 Å². The summed E-state index contributed by atoms with van der Waals surface area (Å²) in [5, 5.41) is 1.62. The van der Waals surface area contributed by atoms with Crippen molar-refractivity contribution in [2.45, 2.75) is 25.6 Å². The zero-order chi connectivity index (χ0) is 13.9. The Morgan fingerprint density at radius 2 is 1.88 bits per heavy atom. The van der Waals surface area contributed by atoms with E-state index in [2.05, 4.69) is 11.3 Å². The summed E-state index contributed by atoms with van der Waals surface area (Å²) in [5.41, 5.74) is -1.80. The smallest absolute Gasteiger partial charge is 0.467 e. The fraction of sp³-hybridized carbons (Fsp3) is 0.600. The zero-order valence-electron chi connectivity index (χ0n) is 9.72. The van der Waals surface area contributed by atoms with Crippen LogP contribution in [0.2, 0.25) is 0 Å². The first-order chi connectivity index (χ1) is 7.59. The van der Waals surface area contributed by atoms with E-state index in [4.69, 9.17) is 0 Å². The lowest BCUT2D eigenvalue weighted by molar-refractivity contribution is -0.178. The van der Waals surface area contributed by atoms with E-state index >= 15 is 0 Å². The molecule has 0 aliphatic heterocycles. The second kappa shape index (κ2) is 5.20. The number of methoxy groups -OCH3 is 1. The molecule has 0 bridgehead atoms. The first kappa shape index (κ1) is 15.5. The van der Waals surface area contributed by atoms with Crippen molar-refractivity contribution < 1.29 is 27.5 Å². The van der Waals surface area contributed by atoms with Gasteiger partial charge in [-0.2, -0.15) is 13.2 Å². The number of ether oxygens (including phenoxy) is 1. The van der Waals surface area contributed by atoms with Crippen LogP contribution in [-0.2, 0) is 14.3 Å². The highest BCUT2D eigenvalue weighted by molar-refractivity contribution is 5.90. The molecule has 7 heteroatoms. The van der Waals surface area contributed by atoms with Gasteiger partial charge in [-0.25, -0.2) is 4.79 Å². The summed E-state index contributed by atoms with van der Waals surface area (Å²) in [6.45, 7) is 5.97. The molecule has 0 saturated heterocycles. The molecule has 0 radical (unpaired) electrons. The van der Waals surface area contributed by atoms with Crippen molar-refractivity contribution in [3.63, 3.8) is 0 Å². The molecule has 0 saturated carbocycles. The molecule has 0 aromatic carbocycles. The zero-order valence-corrected chi connectivity index (χ0v) is 9.72. The molecule has 0 spiro atoms. The van der Waals surface area contributed by atoms with Crippen LogP contribution in [0, 0.1) is 5.92 Å². The number of amides is 1. The third-order valence-electron chi connectivity index (χ3n) is 2.50. The second-order valence-electron chi connectivity index (χ2n) is 3.67. The Kier molecular flexibility index (Phi) is 4.73. The van der Waals surface area contributed by atoms with E-state index in [1.54, 1.807) is 5.32 Å². The van der Waals surface area contributed by atoms with E-state index in [1.807, 2.05) is 0 Å². The second-order valence-corrected chi connectivity index (χ2v) is 3.67. The van der Waals surface area contributed by atoms with Gasteiger partial charge in [0.15, 0.2) is 0 Å². The molecule has 17 heavy (non-hydrogen) atoms. The number of hydrogen-bond donors (Lipinski definition) is 1. The van der Waals surface area contributed by atoms with E-state index < -0.39 is 29.5 Å². The molecule has 0 aliphatic carbocycles. The lowest BCUT2D eigenvalue weighted by Crippen LogP contribution is -2.59. The van der Waals surface area contributed by atoms with Gasteiger partial charge in [0.05, 0.1) is 7.11 Å². The van der Waals surface area contributed by atoms with Crippen molar-refractivity contribution >= 4 is 11.9 Å². The largest absolute Gasteiger partial charge is 0.471 e. The van der Waals surface area contributed by atoms with Gasteiger partial charge in [0.25, 0.3) is 0 Å². The van der Waals surface area contributed by atoms with E-state index in [9.17, 15) is 22.8 Å². The van der Waals surface area contributed by atoms with Gasteiger partial charge in [0, 0.05) is 5.92 Å². The third-order valence-corrected chi connectivity index (χ3v) is 2.50. The van der Waals surface area contributed by atoms with Crippen molar-refractivity contribution in [3.05, 3.63) is 12.7 Å². The van der Waals surface area contributed by atoms with E-state index in [0.29, 0.717) is 0 Å². The molecular weight excluding hydrogens is 239 g/mol. The number of nitrogens with one attached hydrogen (secondary N) is 1. The molecule has 4 nitrogen and oxygen atoms in total. The van der Waals surface area contributed by atoms with Crippen molar-refractivity contribution in [3.8, 4) is 0 Å². The average molecular weight is 253 g/mol. The van der Waals surface area contributed by atoms with Crippen molar-refractivity contribution in [1.29, 1.82) is 0 Å². The summed E-state index contributed by atoms with van der Waals surface area (Å²) in [6, 6.07) is 0. The fourth-order valence-electron chi connectivity index (χ4n) is 1.11. The summed E-state index contributed by atoms with van der Waals surface area (Å²) in [4.78, 5) is 22.3. The van der Waals surface area contributed by atoms with Gasteiger partial charge in [-0.1, -0.05) is 13.0 Å². The summed E-state index contributed by atoms with van der Waals surface area (Å²) in [7, 11) is 1.02. The molecule has 0 heterocycles. The lowest BCUT2D eigenvalue weighted by Gasteiger charge is -2.32. The molecule has 1 amide bonds. The van der Waals surface area contributed by atoms with Crippen LogP contribution in [0.3, 0.4) is 0 Å². The molecule has 0 aliphatic rings. The Morgan fingerprint density at radius 3 is 2.18 bits per heavy atom. The minimum absolute atomic E-state index is 0.721. The monoisotopic (exact) mass is 253 g/mol. The first-order valence-electron chi connectivity index (χ1n) is 4.70. The van der Waals surface area contributed by atoms with E-state index in [1.165, 1.54) is 13.0 Å². The maximum atomic E-state index is 12.1. The topological polar surface area (TPSA) is 55.4 Å². The number of alkyl halides is 3. The molecule has 1 N–H and O–H groups in total. The number of rotatable bonds is 4. The molecule has 0 unspecified atom stereocenters. The summed E-state index contributed by atoms with van der Waals surface area (Å²) >= 11 is 0. The first-order valence-corrected chi connectivity index (χ1v) is 4.70.